The van der Waals surface area contributed by atoms with E-state index in [0.29, 0.717) is 12.2 Å². The number of anilines is 2. The van der Waals surface area contributed by atoms with E-state index in [1.165, 1.54) is 29.8 Å². The van der Waals surface area contributed by atoms with Crippen LogP contribution in [0.2, 0.25) is 0 Å². The van der Waals surface area contributed by atoms with E-state index in [2.05, 4.69) is 29.6 Å². The fourth-order valence-electron chi connectivity index (χ4n) is 2.35. The first-order valence-electron chi connectivity index (χ1n) is 7.93. The molecule has 25 heavy (non-hydrogen) atoms. The van der Waals surface area contributed by atoms with Crippen molar-refractivity contribution >= 4 is 21.2 Å². The van der Waals surface area contributed by atoms with Gasteiger partial charge in [0.2, 0.25) is 9.84 Å². The van der Waals surface area contributed by atoms with Gasteiger partial charge >= 0.3 is 5.76 Å². The lowest BCUT2D eigenvalue weighted by Crippen LogP contribution is -2.11. The third-order valence-corrected chi connectivity index (χ3v) is 5.24. The number of hydrogen-bond donors (Lipinski definition) is 1. The first kappa shape index (κ1) is 19.2. The van der Waals surface area contributed by atoms with Crippen molar-refractivity contribution in [3.05, 3.63) is 54.1 Å². The number of hydrogen-bond acceptors (Lipinski definition) is 4. The second-order valence-electron chi connectivity index (χ2n) is 5.92. The van der Waals surface area contributed by atoms with Gasteiger partial charge in [-0.2, -0.15) is 8.78 Å². The van der Waals surface area contributed by atoms with Gasteiger partial charge < -0.3 is 10.2 Å². The van der Waals surface area contributed by atoms with E-state index in [0.717, 1.165) is 18.5 Å². The maximum atomic E-state index is 12.5. The van der Waals surface area contributed by atoms with Gasteiger partial charge in [-0.3, -0.25) is 0 Å². The van der Waals surface area contributed by atoms with Crippen molar-refractivity contribution in [3.63, 3.8) is 0 Å². The minimum atomic E-state index is -4.53. The summed E-state index contributed by atoms with van der Waals surface area (Å²) in [7, 11) is -0.536. The molecule has 0 fully saturated rings. The van der Waals surface area contributed by atoms with E-state index < -0.39 is 15.6 Å². The molecular formula is C18H22F2N2O2S. The molecule has 1 N–H and O–H groups in total. The molecule has 0 bridgehead atoms. The first-order chi connectivity index (χ1) is 11.8. The normalized spacial score (nSPS) is 11.6. The maximum Gasteiger partial charge on any atom is 0.341 e. The highest BCUT2D eigenvalue weighted by atomic mass is 32.2. The van der Waals surface area contributed by atoms with Crippen LogP contribution in [0.15, 0.2) is 53.4 Å². The molecule has 2 aromatic rings. The van der Waals surface area contributed by atoms with Gasteiger partial charge in [0, 0.05) is 32.0 Å². The van der Waals surface area contributed by atoms with Crippen LogP contribution in [0.4, 0.5) is 20.2 Å². The van der Waals surface area contributed by atoms with Crippen LogP contribution in [0.1, 0.15) is 12.0 Å². The molecule has 2 rings (SSSR count). The molecular weight excluding hydrogens is 346 g/mol. The third kappa shape index (κ3) is 5.16. The monoisotopic (exact) mass is 368 g/mol. The zero-order valence-corrected chi connectivity index (χ0v) is 15.1. The highest BCUT2D eigenvalue weighted by Gasteiger charge is 2.26. The smallest absolute Gasteiger partial charge is 0.341 e. The molecule has 0 amide bonds. The van der Waals surface area contributed by atoms with Gasteiger partial charge in [0.1, 0.15) is 0 Å². The van der Waals surface area contributed by atoms with Crippen LogP contribution in [0.25, 0.3) is 0 Å². The van der Waals surface area contributed by atoms with Gasteiger partial charge in [-0.1, -0.05) is 12.1 Å². The second kappa shape index (κ2) is 8.29. The molecule has 136 valence electrons. The first-order valence-corrected chi connectivity index (χ1v) is 9.47. The SMILES string of the molecule is CN(C)c1ccc(CCCNc2ccc(S(=O)(=O)C(F)F)cc2)cc1. The van der Waals surface area contributed by atoms with Gasteiger partial charge in [0.05, 0.1) is 4.90 Å². The predicted molar refractivity (Wildman–Crippen MR) is 97.2 cm³/mol. The second-order valence-corrected chi connectivity index (χ2v) is 7.84. The number of rotatable bonds is 8. The summed E-state index contributed by atoms with van der Waals surface area (Å²) in [6.07, 6.45) is 1.82. The lowest BCUT2D eigenvalue weighted by molar-refractivity contribution is 0.234. The van der Waals surface area contributed by atoms with Crippen LogP contribution in [-0.4, -0.2) is 34.8 Å². The Morgan fingerprint density at radius 2 is 1.60 bits per heavy atom. The van der Waals surface area contributed by atoms with Crippen LogP contribution in [0, 0.1) is 0 Å². The Balaban J connectivity index is 1.82. The number of halogens is 2. The highest BCUT2D eigenvalue weighted by molar-refractivity contribution is 7.91. The molecule has 0 aliphatic carbocycles. The molecule has 0 radical (unpaired) electrons. The Kier molecular flexibility index (Phi) is 6.36. The van der Waals surface area contributed by atoms with Crippen molar-refractivity contribution in [2.24, 2.45) is 0 Å². The van der Waals surface area contributed by atoms with Crippen molar-refractivity contribution in [2.45, 2.75) is 23.5 Å². The average Bonchev–Trinajstić information content (AvgIpc) is 2.59. The summed E-state index contributed by atoms with van der Waals surface area (Å²) in [5, 5.41) is 3.16. The number of sulfone groups is 1. The number of nitrogens with zero attached hydrogens (tertiary/aromatic N) is 1. The molecule has 0 saturated heterocycles. The van der Waals surface area contributed by atoms with Gasteiger partial charge in [0.15, 0.2) is 0 Å². The lowest BCUT2D eigenvalue weighted by atomic mass is 10.1. The molecule has 0 aromatic heterocycles. The van der Waals surface area contributed by atoms with E-state index in [4.69, 9.17) is 0 Å². The summed E-state index contributed by atoms with van der Waals surface area (Å²) in [5.74, 6) is -3.40. The zero-order valence-electron chi connectivity index (χ0n) is 14.2. The van der Waals surface area contributed by atoms with Crippen molar-refractivity contribution in [3.8, 4) is 0 Å². The van der Waals surface area contributed by atoms with Crippen LogP contribution in [0.5, 0.6) is 0 Å². The average molecular weight is 368 g/mol. The Labute approximate surface area is 147 Å². The van der Waals surface area contributed by atoms with Crippen molar-refractivity contribution < 1.29 is 17.2 Å². The fraction of sp³-hybridized carbons (Fsp3) is 0.333. The van der Waals surface area contributed by atoms with Crippen LogP contribution >= 0.6 is 0 Å². The van der Waals surface area contributed by atoms with E-state index in [1.807, 2.05) is 19.0 Å². The molecule has 0 aliphatic rings. The number of aryl methyl sites for hydroxylation is 1. The molecule has 7 heteroatoms. The topological polar surface area (TPSA) is 49.4 Å². The predicted octanol–water partition coefficient (Wildman–Crippen LogP) is 3.79. The Bertz CT molecular complexity index is 774. The summed E-state index contributed by atoms with van der Waals surface area (Å²) in [5.41, 5.74) is 3.10. The van der Waals surface area contributed by atoms with E-state index in [1.54, 1.807) is 0 Å². The van der Waals surface area contributed by atoms with Crippen molar-refractivity contribution in [2.75, 3.05) is 30.9 Å². The van der Waals surface area contributed by atoms with Crippen LogP contribution < -0.4 is 10.2 Å². The Morgan fingerprint density at radius 1 is 1.00 bits per heavy atom. The highest BCUT2D eigenvalue weighted by Crippen LogP contribution is 2.20. The molecule has 4 nitrogen and oxygen atoms in total. The number of nitrogens with one attached hydrogen (secondary N) is 1. The van der Waals surface area contributed by atoms with Crippen LogP contribution in [0.3, 0.4) is 0 Å². The number of alkyl halides is 2. The fourth-order valence-corrected chi connectivity index (χ4v) is 3.07. The van der Waals surface area contributed by atoms with Gasteiger partial charge in [-0.05, 0) is 54.8 Å². The molecule has 0 unspecified atom stereocenters. The van der Waals surface area contributed by atoms with E-state index in [9.17, 15) is 17.2 Å². The summed E-state index contributed by atoms with van der Waals surface area (Å²) >= 11 is 0. The standard InChI is InChI=1S/C18H22F2N2O2S/c1-22(2)16-9-5-14(6-10-16)4-3-13-21-15-7-11-17(12-8-15)25(23,24)18(19)20/h5-12,18,21H,3-4,13H2,1-2H3. The van der Waals surface area contributed by atoms with Crippen LogP contribution in [-0.2, 0) is 16.3 Å². The summed E-state index contributed by atoms with van der Waals surface area (Å²) in [6.45, 7) is 0.705. The summed E-state index contributed by atoms with van der Waals surface area (Å²) in [4.78, 5) is 1.68. The molecule has 0 saturated carbocycles. The summed E-state index contributed by atoms with van der Waals surface area (Å²) in [6, 6.07) is 13.7. The third-order valence-electron chi connectivity index (χ3n) is 3.84. The molecule has 0 spiro atoms. The summed E-state index contributed by atoms with van der Waals surface area (Å²) < 4.78 is 47.6. The van der Waals surface area contributed by atoms with Crippen molar-refractivity contribution in [1.82, 2.24) is 0 Å². The quantitative estimate of drug-likeness (QED) is 0.720. The Morgan fingerprint density at radius 3 is 2.12 bits per heavy atom. The van der Waals surface area contributed by atoms with Gasteiger partial charge in [0.25, 0.3) is 0 Å². The van der Waals surface area contributed by atoms with Gasteiger partial charge in [-0.25, -0.2) is 8.42 Å². The van der Waals surface area contributed by atoms with Crippen molar-refractivity contribution in [1.29, 1.82) is 0 Å². The molecule has 0 aliphatic heterocycles. The van der Waals surface area contributed by atoms with Gasteiger partial charge in [-0.15, -0.1) is 0 Å². The maximum absolute atomic E-state index is 12.5. The Hall–Kier alpha value is -2.15. The minimum absolute atomic E-state index is 0.367. The number of benzene rings is 2. The van der Waals surface area contributed by atoms with E-state index in [-0.39, 0.29) is 4.90 Å². The minimum Gasteiger partial charge on any atom is -0.385 e. The molecule has 0 atom stereocenters. The zero-order chi connectivity index (χ0) is 18.4. The molecule has 0 heterocycles. The lowest BCUT2D eigenvalue weighted by Gasteiger charge is -2.12. The van der Waals surface area contributed by atoms with E-state index >= 15 is 0 Å². The largest absolute Gasteiger partial charge is 0.385 e. The molecule has 2 aromatic carbocycles.